The van der Waals surface area contributed by atoms with Crippen molar-refractivity contribution >= 4 is 6.09 Å². The number of carbonyl (C=O) groups is 1. The van der Waals surface area contributed by atoms with Crippen LogP contribution in [0.3, 0.4) is 0 Å². The third-order valence-corrected chi connectivity index (χ3v) is 3.11. The lowest BCUT2D eigenvalue weighted by atomic mass is 10.2. The standard InChI is InChI=1S/C15H28N4O2/c1-6-18(5)9-10-19-12-16-11-13(19)7-8-17-14(20)21-15(2,3)4/h11-12H,6-10H2,1-5H3,(H,17,20). The summed E-state index contributed by atoms with van der Waals surface area (Å²) in [5.41, 5.74) is 0.659. The number of amides is 1. The molecule has 6 nitrogen and oxygen atoms in total. The van der Waals surface area contributed by atoms with Gasteiger partial charge in [0.05, 0.1) is 6.33 Å². The molecule has 1 amide bonds. The van der Waals surface area contributed by atoms with Crippen LogP contribution >= 0.6 is 0 Å². The van der Waals surface area contributed by atoms with Crippen LogP contribution in [0.1, 0.15) is 33.4 Å². The van der Waals surface area contributed by atoms with Crippen molar-refractivity contribution in [3.8, 4) is 0 Å². The average molecular weight is 296 g/mol. The van der Waals surface area contributed by atoms with Crippen LogP contribution in [-0.4, -0.2) is 52.8 Å². The molecule has 0 spiro atoms. The van der Waals surface area contributed by atoms with Gasteiger partial charge in [0.25, 0.3) is 0 Å². The highest BCUT2D eigenvalue weighted by atomic mass is 16.6. The summed E-state index contributed by atoms with van der Waals surface area (Å²) in [5.74, 6) is 0. The molecule has 0 saturated carbocycles. The molecule has 1 N–H and O–H groups in total. The molecule has 0 aliphatic carbocycles. The van der Waals surface area contributed by atoms with Crippen molar-refractivity contribution in [3.63, 3.8) is 0 Å². The van der Waals surface area contributed by atoms with E-state index in [1.807, 2.05) is 33.3 Å². The highest BCUT2D eigenvalue weighted by Crippen LogP contribution is 2.06. The van der Waals surface area contributed by atoms with Gasteiger partial charge in [-0.3, -0.25) is 0 Å². The van der Waals surface area contributed by atoms with E-state index < -0.39 is 5.60 Å². The zero-order chi connectivity index (χ0) is 15.9. The summed E-state index contributed by atoms with van der Waals surface area (Å²) in [6, 6.07) is 0. The Labute approximate surface area is 127 Å². The first-order chi connectivity index (χ1) is 9.81. The minimum atomic E-state index is -0.462. The van der Waals surface area contributed by atoms with Crippen LogP contribution in [-0.2, 0) is 17.7 Å². The molecular formula is C15H28N4O2. The van der Waals surface area contributed by atoms with Gasteiger partial charge in [-0.15, -0.1) is 0 Å². The number of ether oxygens (including phenoxy) is 1. The van der Waals surface area contributed by atoms with E-state index in [2.05, 4.69) is 33.7 Å². The largest absolute Gasteiger partial charge is 0.444 e. The fraction of sp³-hybridized carbons (Fsp3) is 0.733. The number of alkyl carbamates (subject to hydrolysis) is 1. The van der Waals surface area contributed by atoms with E-state index in [0.717, 1.165) is 31.7 Å². The molecule has 1 aromatic heterocycles. The molecule has 0 aliphatic heterocycles. The lowest BCUT2D eigenvalue weighted by Crippen LogP contribution is -2.33. The van der Waals surface area contributed by atoms with Gasteiger partial charge in [0.15, 0.2) is 0 Å². The second-order valence-electron chi connectivity index (χ2n) is 6.15. The fourth-order valence-corrected chi connectivity index (χ4v) is 1.80. The maximum absolute atomic E-state index is 11.6. The van der Waals surface area contributed by atoms with Crippen molar-refractivity contribution in [2.45, 2.75) is 46.3 Å². The normalized spacial score (nSPS) is 11.7. The molecule has 21 heavy (non-hydrogen) atoms. The lowest BCUT2D eigenvalue weighted by molar-refractivity contribution is 0.0528. The van der Waals surface area contributed by atoms with E-state index in [-0.39, 0.29) is 6.09 Å². The van der Waals surface area contributed by atoms with Crippen molar-refractivity contribution < 1.29 is 9.53 Å². The maximum Gasteiger partial charge on any atom is 0.407 e. The van der Waals surface area contributed by atoms with Gasteiger partial charge in [-0.25, -0.2) is 9.78 Å². The van der Waals surface area contributed by atoms with Gasteiger partial charge in [-0.1, -0.05) is 6.92 Å². The molecule has 1 aromatic rings. The summed E-state index contributed by atoms with van der Waals surface area (Å²) in [6.45, 7) is 11.2. The first-order valence-electron chi connectivity index (χ1n) is 7.46. The SMILES string of the molecule is CCN(C)CCn1cncc1CCNC(=O)OC(C)(C)C. The van der Waals surface area contributed by atoms with E-state index in [1.54, 1.807) is 0 Å². The topological polar surface area (TPSA) is 59.4 Å². The van der Waals surface area contributed by atoms with Crippen molar-refractivity contribution in [2.24, 2.45) is 0 Å². The van der Waals surface area contributed by atoms with Gasteiger partial charge in [0, 0.05) is 37.9 Å². The second-order valence-corrected chi connectivity index (χ2v) is 6.15. The van der Waals surface area contributed by atoms with E-state index in [0.29, 0.717) is 6.54 Å². The van der Waals surface area contributed by atoms with Crippen LogP contribution in [0.25, 0.3) is 0 Å². The molecule has 0 aromatic carbocycles. The van der Waals surface area contributed by atoms with E-state index in [4.69, 9.17) is 4.74 Å². The van der Waals surface area contributed by atoms with Crippen molar-refractivity contribution in [1.29, 1.82) is 0 Å². The van der Waals surface area contributed by atoms with Gasteiger partial charge >= 0.3 is 6.09 Å². The number of hydrogen-bond acceptors (Lipinski definition) is 4. The molecular weight excluding hydrogens is 268 g/mol. The lowest BCUT2D eigenvalue weighted by Gasteiger charge is -2.19. The average Bonchev–Trinajstić information content (AvgIpc) is 2.81. The van der Waals surface area contributed by atoms with Crippen molar-refractivity contribution in [2.75, 3.05) is 26.7 Å². The number of aromatic nitrogens is 2. The molecule has 0 atom stereocenters. The number of likely N-dealkylation sites (N-methyl/N-ethyl adjacent to an activating group) is 1. The Kier molecular flexibility index (Phi) is 6.68. The molecule has 0 fully saturated rings. The number of rotatable bonds is 7. The first-order valence-corrected chi connectivity index (χ1v) is 7.46. The van der Waals surface area contributed by atoms with Gasteiger partial charge in [0.1, 0.15) is 5.60 Å². The summed E-state index contributed by atoms with van der Waals surface area (Å²) in [4.78, 5) is 18.0. The molecule has 0 unspecified atom stereocenters. The van der Waals surface area contributed by atoms with E-state index in [1.165, 1.54) is 0 Å². The Balaban J connectivity index is 2.36. The van der Waals surface area contributed by atoms with Gasteiger partial charge in [-0.2, -0.15) is 0 Å². The van der Waals surface area contributed by atoms with Crippen molar-refractivity contribution in [1.82, 2.24) is 19.8 Å². The Morgan fingerprint density at radius 3 is 2.81 bits per heavy atom. The third kappa shape index (κ3) is 7.13. The first kappa shape index (κ1) is 17.5. The summed E-state index contributed by atoms with van der Waals surface area (Å²) in [5, 5.41) is 2.77. The number of nitrogens with zero attached hydrogens (tertiary/aromatic N) is 3. The Hall–Kier alpha value is -1.56. The van der Waals surface area contributed by atoms with Gasteiger partial charge in [0.2, 0.25) is 0 Å². The highest BCUT2D eigenvalue weighted by molar-refractivity contribution is 5.67. The fourth-order valence-electron chi connectivity index (χ4n) is 1.80. The van der Waals surface area contributed by atoms with Crippen LogP contribution in [0.2, 0.25) is 0 Å². The minimum Gasteiger partial charge on any atom is -0.444 e. The van der Waals surface area contributed by atoms with Gasteiger partial charge in [-0.05, 0) is 34.4 Å². The van der Waals surface area contributed by atoms with Crippen LogP contribution in [0.15, 0.2) is 12.5 Å². The third-order valence-electron chi connectivity index (χ3n) is 3.11. The number of carbonyl (C=O) groups excluding carboxylic acids is 1. The minimum absolute atomic E-state index is 0.376. The molecule has 120 valence electrons. The molecule has 0 saturated heterocycles. The molecule has 6 heteroatoms. The Morgan fingerprint density at radius 1 is 1.48 bits per heavy atom. The Morgan fingerprint density at radius 2 is 2.19 bits per heavy atom. The highest BCUT2D eigenvalue weighted by Gasteiger charge is 2.15. The zero-order valence-corrected chi connectivity index (χ0v) is 13.8. The molecule has 1 heterocycles. The number of nitrogens with one attached hydrogen (secondary N) is 1. The maximum atomic E-state index is 11.6. The number of imidazole rings is 1. The summed E-state index contributed by atoms with van der Waals surface area (Å²) < 4.78 is 7.33. The zero-order valence-electron chi connectivity index (χ0n) is 13.8. The van der Waals surface area contributed by atoms with Crippen LogP contribution in [0.4, 0.5) is 4.79 Å². The molecule has 0 aliphatic rings. The predicted octanol–water partition coefficient (Wildman–Crippen LogP) is 1.90. The quantitative estimate of drug-likeness (QED) is 0.835. The predicted molar refractivity (Wildman–Crippen MR) is 83.3 cm³/mol. The molecule has 1 rings (SSSR count). The monoisotopic (exact) mass is 296 g/mol. The smallest absolute Gasteiger partial charge is 0.407 e. The number of hydrogen-bond donors (Lipinski definition) is 1. The molecule has 0 radical (unpaired) electrons. The molecule has 0 bridgehead atoms. The second kappa shape index (κ2) is 8.02. The summed E-state index contributed by atoms with van der Waals surface area (Å²) in [7, 11) is 2.10. The van der Waals surface area contributed by atoms with Gasteiger partial charge < -0.3 is 19.5 Å². The Bertz CT molecular complexity index is 437. The van der Waals surface area contributed by atoms with Crippen molar-refractivity contribution in [3.05, 3.63) is 18.2 Å². The van der Waals surface area contributed by atoms with Crippen LogP contribution < -0.4 is 5.32 Å². The summed E-state index contributed by atoms with van der Waals surface area (Å²) in [6.07, 6.45) is 4.06. The van der Waals surface area contributed by atoms with E-state index in [9.17, 15) is 4.79 Å². The summed E-state index contributed by atoms with van der Waals surface area (Å²) >= 11 is 0. The van der Waals surface area contributed by atoms with Crippen LogP contribution in [0, 0.1) is 0 Å². The van der Waals surface area contributed by atoms with Crippen LogP contribution in [0.5, 0.6) is 0 Å². The van der Waals surface area contributed by atoms with E-state index >= 15 is 0 Å².